The minimum Gasteiger partial charge on any atom is -0.459 e. The first kappa shape index (κ1) is 19.9. The van der Waals surface area contributed by atoms with Gasteiger partial charge < -0.3 is 20.8 Å². The van der Waals surface area contributed by atoms with Gasteiger partial charge in [-0.1, -0.05) is 41.9 Å². The number of nitrogens with two attached hydrogens (primary N) is 1. The number of urea groups is 1. The predicted octanol–water partition coefficient (Wildman–Crippen LogP) is 4.60. The molecule has 4 N–H and O–H groups in total. The number of halogens is 1. The minimum atomic E-state index is -0.219. The summed E-state index contributed by atoms with van der Waals surface area (Å²) in [7, 11) is 0. The van der Waals surface area contributed by atoms with Crippen LogP contribution in [-0.2, 0) is 11.3 Å². The van der Waals surface area contributed by atoms with Crippen molar-refractivity contribution in [1.29, 1.82) is 0 Å². The van der Waals surface area contributed by atoms with E-state index in [0.717, 1.165) is 47.8 Å². The molecule has 2 aliphatic carbocycles. The van der Waals surface area contributed by atoms with Crippen molar-refractivity contribution < 1.29 is 14.0 Å². The summed E-state index contributed by atoms with van der Waals surface area (Å²) in [5.41, 5.74) is 8.25. The van der Waals surface area contributed by atoms with E-state index in [-0.39, 0.29) is 35.9 Å². The van der Waals surface area contributed by atoms with Crippen LogP contribution in [0.3, 0.4) is 0 Å². The molecule has 1 spiro atoms. The van der Waals surface area contributed by atoms with E-state index in [2.05, 4.69) is 10.6 Å². The van der Waals surface area contributed by atoms with Crippen molar-refractivity contribution in [3.05, 3.63) is 59.3 Å². The number of furan rings is 1. The molecule has 0 bridgehead atoms. The van der Waals surface area contributed by atoms with E-state index >= 15 is 0 Å². The molecule has 0 unspecified atom stereocenters. The predicted molar refractivity (Wildman–Crippen MR) is 119 cm³/mol. The molecule has 0 atom stereocenters. The maximum Gasteiger partial charge on any atom is 0.315 e. The third-order valence-corrected chi connectivity index (χ3v) is 6.89. The molecule has 3 aromatic rings. The number of nitrogens with one attached hydrogen (secondary N) is 2. The van der Waals surface area contributed by atoms with Gasteiger partial charge in [0.15, 0.2) is 0 Å². The molecule has 0 aliphatic heterocycles. The van der Waals surface area contributed by atoms with Crippen molar-refractivity contribution in [2.24, 2.45) is 17.1 Å². The van der Waals surface area contributed by atoms with Crippen LogP contribution in [0.25, 0.3) is 22.1 Å². The molecule has 31 heavy (non-hydrogen) atoms. The van der Waals surface area contributed by atoms with Crippen LogP contribution in [-0.4, -0.2) is 18.0 Å². The third kappa shape index (κ3) is 3.76. The highest BCUT2D eigenvalue weighted by Gasteiger charge is 2.54. The summed E-state index contributed by atoms with van der Waals surface area (Å²) in [5, 5.41) is 7.51. The molecule has 1 aromatic heterocycles. The highest BCUT2D eigenvalue weighted by molar-refractivity contribution is 6.31. The molecular weight excluding hydrogens is 414 g/mol. The average Bonchev–Trinajstić information content (AvgIpc) is 3.05. The van der Waals surface area contributed by atoms with Crippen LogP contribution in [0.15, 0.2) is 52.9 Å². The van der Waals surface area contributed by atoms with E-state index in [0.29, 0.717) is 10.8 Å². The normalized spacial score (nSPS) is 24.4. The first-order valence-electron chi connectivity index (χ1n) is 10.5. The van der Waals surface area contributed by atoms with E-state index in [9.17, 15) is 9.59 Å². The number of primary amides is 1. The Morgan fingerprint density at radius 3 is 2.55 bits per heavy atom. The molecule has 2 fully saturated rings. The van der Waals surface area contributed by atoms with Gasteiger partial charge in [-0.25, -0.2) is 4.79 Å². The molecular formula is C24H24ClN3O3. The number of carbonyl (C=O) groups is 2. The second-order valence-corrected chi connectivity index (χ2v) is 9.28. The Labute approximate surface area is 185 Å². The smallest absolute Gasteiger partial charge is 0.315 e. The van der Waals surface area contributed by atoms with Crippen LogP contribution >= 0.6 is 11.6 Å². The molecule has 5 rings (SSSR count). The van der Waals surface area contributed by atoms with Gasteiger partial charge in [0.1, 0.15) is 11.3 Å². The summed E-state index contributed by atoms with van der Waals surface area (Å²) in [4.78, 5) is 23.7. The zero-order chi connectivity index (χ0) is 21.6. The number of hydrogen-bond acceptors (Lipinski definition) is 3. The number of rotatable bonds is 5. The van der Waals surface area contributed by atoms with Crippen LogP contribution in [0, 0.1) is 11.3 Å². The Bertz CT molecular complexity index is 1140. The Kier molecular flexibility index (Phi) is 4.89. The van der Waals surface area contributed by atoms with Gasteiger partial charge in [0.25, 0.3) is 0 Å². The lowest BCUT2D eigenvalue weighted by atomic mass is 9.50. The van der Waals surface area contributed by atoms with Crippen molar-refractivity contribution in [2.75, 3.05) is 0 Å². The average molecular weight is 438 g/mol. The highest BCUT2D eigenvalue weighted by atomic mass is 35.5. The molecule has 7 heteroatoms. The maximum absolute atomic E-state index is 12.5. The summed E-state index contributed by atoms with van der Waals surface area (Å²) in [6.45, 7) is 0.268. The highest BCUT2D eigenvalue weighted by Crippen LogP contribution is 2.58. The van der Waals surface area contributed by atoms with Gasteiger partial charge in [-0.3, -0.25) is 4.79 Å². The number of amides is 3. The molecule has 0 saturated heterocycles. The van der Waals surface area contributed by atoms with Gasteiger partial charge in [0.2, 0.25) is 5.91 Å². The van der Waals surface area contributed by atoms with E-state index in [1.165, 1.54) is 0 Å². The van der Waals surface area contributed by atoms with Crippen LogP contribution in [0.4, 0.5) is 4.79 Å². The fourth-order valence-electron chi connectivity index (χ4n) is 5.17. The zero-order valence-electron chi connectivity index (χ0n) is 17.0. The monoisotopic (exact) mass is 437 g/mol. The van der Waals surface area contributed by atoms with Crippen LogP contribution in [0.5, 0.6) is 0 Å². The SMILES string of the molecule is NC(=O)C1CC2(CC(NC(=O)NCc3oc4ccc(Cl)cc4c3-c3ccccc3)C2)C1. The van der Waals surface area contributed by atoms with Gasteiger partial charge in [-0.15, -0.1) is 0 Å². The van der Waals surface area contributed by atoms with Gasteiger partial charge in [0.05, 0.1) is 6.54 Å². The topological polar surface area (TPSA) is 97.4 Å². The second kappa shape index (κ2) is 7.61. The number of hydrogen-bond donors (Lipinski definition) is 3. The largest absolute Gasteiger partial charge is 0.459 e. The van der Waals surface area contributed by atoms with Gasteiger partial charge in [0, 0.05) is 27.9 Å². The standard InChI is InChI=1S/C24H24ClN3O3/c25-16-6-7-19-18(8-16)21(14-4-2-1-3-5-14)20(31-19)13-27-23(30)28-17-11-24(12-17)9-15(10-24)22(26)29/h1-8,15,17H,9-13H2,(H2,26,29)(H2,27,28,30). The summed E-state index contributed by atoms with van der Waals surface area (Å²) in [5.74, 6) is 0.487. The molecule has 6 nitrogen and oxygen atoms in total. The Balaban J connectivity index is 1.24. The number of fused-ring (bicyclic) bond motifs is 1. The van der Waals surface area contributed by atoms with Crippen molar-refractivity contribution in [3.63, 3.8) is 0 Å². The molecule has 2 aromatic carbocycles. The summed E-state index contributed by atoms with van der Waals surface area (Å²) in [6.07, 6.45) is 3.51. The van der Waals surface area contributed by atoms with E-state index in [1.54, 1.807) is 6.07 Å². The van der Waals surface area contributed by atoms with E-state index in [1.807, 2.05) is 42.5 Å². The summed E-state index contributed by atoms with van der Waals surface area (Å²) >= 11 is 6.21. The lowest BCUT2D eigenvalue weighted by Gasteiger charge is -2.57. The second-order valence-electron chi connectivity index (χ2n) is 8.85. The molecule has 160 valence electrons. The van der Waals surface area contributed by atoms with Crippen molar-refractivity contribution in [1.82, 2.24) is 10.6 Å². The Morgan fingerprint density at radius 1 is 1.10 bits per heavy atom. The molecule has 2 saturated carbocycles. The molecule has 1 heterocycles. The van der Waals surface area contributed by atoms with Crippen LogP contribution in [0.1, 0.15) is 31.4 Å². The maximum atomic E-state index is 12.5. The van der Waals surface area contributed by atoms with Crippen LogP contribution < -0.4 is 16.4 Å². The lowest BCUT2D eigenvalue weighted by Crippen LogP contribution is -2.59. The van der Waals surface area contributed by atoms with Gasteiger partial charge >= 0.3 is 6.03 Å². The number of carbonyl (C=O) groups excluding carboxylic acids is 2. The van der Waals surface area contributed by atoms with Crippen molar-refractivity contribution >= 4 is 34.5 Å². The van der Waals surface area contributed by atoms with Crippen LogP contribution in [0.2, 0.25) is 5.02 Å². The van der Waals surface area contributed by atoms with E-state index < -0.39 is 0 Å². The summed E-state index contributed by atoms with van der Waals surface area (Å²) < 4.78 is 6.05. The quantitative estimate of drug-likeness (QED) is 0.544. The fraction of sp³-hybridized carbons (Fsp3) is 0.333. The van der Waals surface area contributed by atoms with Gasteiger partial charge in [-0.2, -0.15) is 0 Å². The number of benzene rings is 2. The molecule has 3 amide bonds. The summed E-state index contributed by atoms with van der Waals surface area (Å²) in [6, 6.07) is 15.4. The lowest BCUT2D eigenvalue weighted by molar-refractivity contribution is -0.135. The first-order valence-corrected chi connectivity index (χ1v) is 10.9. The van der Waals surface area contributed by atoms with Gasteiger partial charge in [-0.05, 0) is 54.9 Å². The Morgan fingerprint density at radius 2 is 1.84 bits per heavy atom. The van der Waals surface area contributed by atoms with E-state index in [4.69, 9.17) is 21.8 Å². The molecule has 2 aliphatic rings. The van der Waals surface area contributed by atoms with Crippen molar-refractivity contribution in [2.45, 2.75) is 38.3 Å². The Hall–Kier alpha value is -2.99. The zero-order valence-corrected chi connectivity index (χ0v) is 17.7. The molecule has 0 radical (unpaired) electrons. The van der Waals surface area contributed by atoms with Crippen molar-refractivity contribution in [3.8, 4) is 11.1 Å². The minimum absolute atomic E-state index is 0.00720. The fourth-order valence-corrected chi connectivity index (χ4v) is 5.34. The first-order chi connectivity index (χ1) is 14.9. The third-order valence-electron chi connectivity index (χ3n) is 6.65.